The van der Waals surface area contributed by atoms with Crippen molar-refractivity contribution >= 4 is 15.9 Å². The molecule has 0 aliphatic carbocycles. The fourth-order valence-electron chi connectivity index (χ4n) is 2.95. The van der Waals surface area contributed by atoms with E-state index in [2.05, 4.69) is 45.1 Å². The van der Waals surface area contributed by atoms with Crippen LogP contribution in [0.4, 0.5) is 0 Å². The van der Waals surface area contributed by atoms with Crippen molar-refractivity contribution in [2.75, 3.05) is 19.6 Å². The summed E-state index contributed by atoms with van der Waals surface area (Å²) in [5.74, 6) is 0.949. The molecule has 0 bridgehead atoms. The van der Waals surface area contributed by atoms with E-state index in [-0.39, 0.29) is 6.04 Å². The fraction of sp³-hybridized carbons (Fsp3) is 0.375. The van der Waals surface area contributed by atoms with Gasteiger partial charge in [0.1, 0.15) is 5.76 Å². The summed E-state index contributed by atoms with van der Waals surface area (Å²) in [6.07, 6.45) is 2.16. The lowest BCUT2D eigenvalue weighted by molar-refractivity contribution is 0.186. The molecule has 2 N–H and O–H groups in total. The maximum absolute atomic E-state index is 5.98. The molecule has 0 saturated carbocycles. The van der Waals surface area contributed by atoms with Crippen LogP contribution in [0.1, 0.15) is 22.9 Å². The Morgan fingerprint density at radius 3 is 2.25 bits per heavy atom. The highest BCUT2D eigenvalue weighted by Gasteiger charge is 2.24. The van der Waals surface area contributed by atoms with Crippen molar-refractivity contribution in [1.29, 1.82) is 0 Å². The van der Waals surface area contributed by atoms with Crippen molar-refractivity contribution in [2.24, 2.45) is 5.73 Å². The number of halogens is 1. The molecular weight excluding hydrogens is 316 g/mol. The lowest BCUT2D eigenvalue weighted by atomic mass is 10.0. The molecule has 1 aromatic carbocycles. The van der Waals surface area contributed by atoms with Crippen molar-refractivity contribution in [2.45, 2.75) is 18.9 Å². The van der Waals surface area contributed by atoms with Gasteiger partial charge in [0.05, 0.1) is 6.04 Å². The van der Waals surface area contributed by atoms with Gasteiger partial charge in [-0.25, -0.2) is 0 Å². The third kappa shape index (κ3) is 2.82. The van der Waals surface area contributed by atoms with Crippen molar-refractivity contribution < 1.29 is 4.42 Å². The second-order valence-electron chi connectivity index (χ2n) is 5.20. The summed E-state index contributed by atoms with van der Waals surface area (Å²) >= 11 is 3.37. The highest BCUT2D eigenvalue weighted by Crippen LogP contribution is 2.27. The molecule has 2 aromatic rings. The van der Waals surface area contributed by atoms with Gasteiger partial charge >= 0.3 is 0 Å². The van der Waals surface area contributed by atoms with Crippen LogP contribution in [0.2, 0.25) is 0 Å². The Bertz CT molecular complexity index is 554. The largest absolute Gasteiger partial charge is 0.453 e. The van der Waals surface area contributed by atoms with Crippen LogP contribution >= 0.6 is 15.9 Å². The number of rotatable bonds is 3. The van der Waals surface area contributed by atoms with Gasteiger partial charge < -0.3 is 10.2 Å². The van der Waals surface area contributed by atoms with Gasteiger partial charge in [-0.3, -0.25) is 4.90 Å². The van der Waals surface area contributed by atoms with Crippen LogP contribution in [0, 0.1) is 0 Å². The van der Waals surface area contributed by atoms with Crippen LogP contribution in [-0.2, 0) is 12.8 Å². The molecular formula is C16H19BrN2O. The van der Waals surface area contributed by atoms with Crippen LogP contribution < -0.4 is 5.73 Å². The Morgan fingerprint density at radius 2 is 1.75 bits per heavy atom. The molecule has 106 valence electrons. The van der Waals surface area contributed by atoms with E-state index in [1.807, 2.05) is 12.1 Å². The van der Waals surface area contributed by atoms with Gasteiger partial charge in [-0.1, -0.05) is 24.3 Å². The van der Waals surface area contributed by atoms with Crippen molar-refractivity contribution in [1.82, 2.24) is 4.90 Å². The number of benzene rings is 1. The Kier molecular flexibility index (Phi) is 4.24. The Morgan fingerprint density at radius 1 is 1.10 bits per heavy atom. The molecule has 0 saturated heterocycles. The summed E-state index contributed by atoms with van der Waals surface area (Å²) in [5.41, 5.74) is 8.91. The molecule has 3 rings (SSSR count). The predicted molar refractivity (Wildman–Crippen MR) is 83.6 cm³/mol. The van der Waals surface area contributed by atoms with Crippen LogP contribution in [-0.4, -0.2) is 24.5 Å². The molecule has 20 heavy (non-hydrogen) atoms. The summed E-state index contributed by atoms with van der Waals surface area (Å²) in [6, 6.07) is 12.8. The second-order valence-corrected chi connectivity index (χ2v) is 5.98. The molecule has 2 heterocycles. The minimum absolute atomic E-state index is 0.163. The fourth-order valence-corrected chi connectivity index (χ4v) is 3.27. The highest BCUT2D eigenvalue weighted by molar-refractivity contribution is 9.10. The summed E-state index contributed by atoms with van der Waals surface area (Å²) in [5, 5.41) is 0. The van der Waals surface area contributed by atoms with E-state index < -0.39 is 0 Å². The number of hydrogen-bond donors (Lipinski definition) is 1. The van der Waals surface area contributed by atoms with E-state index in [0.717, 1.165) is 36.4 Å². The Labute approximate surface area is 127 Å². The average Bonchev–Trinajstić information content (AvgIpc) is 2.77. The topological polar surface area (TPSA) is 42.4 Å². The summed E-state index contributed by atoms with van der Waals surface area (Å²) in [7, 11) is 0. The zero-order valence-corrected chi connectivity index (χ0v) is 13.0. The minimum atomic E-state index is 0.163. The first kappa shape index (κ1) is 13.9. The molecule has 0 fully saturated rings. The first-order valence-corrected chi connectivity index (χ1v) is 7.83. The standard InChI is InChI=1S/C16H19BrN2O/c17-16-6-5-15(20-16)14(11-18)19-9-7-12-3-1-2-4-13(12)8-10-19/h1-6,14H,7-11,18H2. The van der Waals surface area contributed by atoms with Gasteiger partial charge in [-0.15, -0.1) is 0 Å². The van der Waals surface area contributed by atoms with Gasteiger partial charge in [-0.2, -0.15) is 0 Å². The van der Waals surface area contributed by atoms with E-state index in [4.69, 9.17) is 10.2 Å². The maximum Gasteiger partial charge on any atom is 0.169 e. The SMILES string of the molecule is NCC(c1ccc(Br)o1)N1CCc2ccccc2CC1. The molecule has 1 aliphatic rings. The number of nitrogens with two attached hydrogens (primary N) is 1. The number of fused-ring (bicyclic) bond motifs is 1. The van der Waals surface area contributed by atoms with Crippen LogP contribution in [0.5, 0.6) is 0 Å². The van der Waals surface area contributed by atoms with Crippen molar-refractivity contribution in [3.05, 3.63) is 58.0 Å². The predicted octanol–water partition coefficient (Wildman–Crippen LogP) is 3.14. The maximum atomic E-state index is 5.98. The number of nitrogens with zero attached hydrogens (tertiary/aromatic N) is 1. The first-order chi connectivity index (χ1) is 9.78. The molecule has 1 atom stereocenters. The molecule has 0 spiro atoms. The van der Waals surface area contributed by atoms with E-state index in [1.54, 1.807) is 0 Å². The van der Waals surface area contributed by atoms with Crippen LogP contribution in [0.15, 0.2) is 45.5 Å². The van der Waals surface area contributed by atoms with Gasteiger partial charge in [0.15, 0.2) is 4.67 Å². The molecule has 1 aliphatic heterocycles. The molecule has 1 unspecified atom stereocenters. The van der Waals surface area contributed by atoms with Crippen molar-refractivity contribution in [3.63, 3.8) is 0 Å². The quantitative estimate of drug-likeness (QED) is 0.937. The molecule has 4 heteroatoms. The van der Waals surface area contributed by atoms with Crippen molar-refractivity contribution in [3.8, 4) is 0 Å². The van der Waals surface area contributed by atoms with Crippen LogP contribution in [0.25, 0.3) is 0 Å². The van der Waals surface area contributed by atoms with E-state index in [9.17, 15) is 0 Å². The zero-order valence-electron chi connectivity index (χ0n) is 11.4. The second kappa shape index (κ2) is 6.12. The summed E-state index contributed by atoms with van der Waals surface area (Å²) in [4.78, 5) is 2.44. The third-order valence-electron chi connectivity index (χ3n) is 4.04. The van der Waals surface area contributed by atoms with E-state index in [1.165, 1.54) is 11.1 Å². The molecule has 3 nitrogen and oxygen atoms in total. The Hall–Kier alpha value is -1.10. The third-order valence-corrected chi connectivity index (χ3v) is 4.47. The van der Waals surface area contributed by atoms with Gasteiger partial charge in [0.2, 0.25) is 0 Å². The van der Waals surface area contributed by atoms with Crippen LogP contribution in [0.3, 0.4) is 0 Å². The van der Waals surface area contributed by atoms with Gasteiger partial charge in [0, 0.05) is 19.6 Å². The smallest absolute Gasteiger partial charge is 0.169 e. The van der Waals surface area contributed by atoms with E-state index in [0.29, 0.717) is 6.54 Å². The van der Waals surface area contributed by atoms with Gasteiger partial charge in [0.25, 0.3) is 0 Å². The zero-order chi connectivity index (χ0) is 13.9. The normalized spacial score (nSPS) is 17.5. The lowest BCUT2D eigenvalue weighted by Gasteiger charge is -2.27. The molecule has 1 aromatic heterocycles. The summed E-state index contributed by atoms with van der Waals surface area (Å²) < 4.78 is 6.47. The monoisotopic (exact) mass is 334 g/mol. The first-order valence-electron chi connectivity index (χ1n) is 7.04. The highest BCUT2D eigenvalue weighted by atomic mass is 79.9. The Balaban J connectivity index is 1.78. The van der Waals surface area contributed by atoms with Gasteiger partial charge in [-0.05, 0) is 52.0 Å². The average molecular weight is 335 g/mol. The number of hydrogen-bond acceptors (Lipinski definition) is 3. The molecule has 0 radical (unpaired) electrons. The lowest BCUT2D eigenvalue weighted by Crippen LogP contribution is -2.35. The molecule has 0 amide bonds. The summed E-state index contributed by atoms with van der Waals surface area (Å²) in [6.45, 7) is 2.63. The van der Waals surface area contributed by atoms with E-state index >= 15 is 0 Å². The number of furan rings is 1. The minimum Gasteiger partial charge on any atom is -0.453 e.